The lowest BCUT2D eigenvalue weighted by atomic mass is 10.1. The van der Waals surface area contributed by atoms with E-state index in [9.17, 15) is 4.79 Å². The highest BCUT2D eigenvalue weighted by Gasteiger charge is 2.28. The van der Waals surface area contributed by atoms with Crippen molar-refractivity contribution in [2.45, 2.75) is 45.2 Å². The van der Waals surface area contributed by atoms with Crippen LogP contribution in [-0.4, -0.2) is 35.3 Å². The molecule has 0 atom stereocenters. The highest BCUT2D eigenvalue weighted by atomic mass is 16.1. The highest BCUT2D eigenvalue weighted by molar-refractivity contribution is 5.79. The van der Waals surface area contributed by atoms with Gasteiger partial charge in [0.25, 0.3) is 0 Å². The molecule has 0 radical (unpaired) electrons. The number of carbonyl (C=O) groups excluding carboxylic acids is 1. The van der Waals surface area contributed by atoms with E-state index in [-0.39, 0.29) is 12.5 Å². The molecule has 0 saturated heterocycles. The maximum Gasteiger partial charge on any atom is 0.237 e. The first kappa shape index (κ1) is 14.8. The zero-order chi connectivity index (χ0) is 14.7. The third kappa shape index (κ3) is 2.95. The van der Waals surface area contributed by atoms with Crippen molar-refractivity contribution in [1.29, 1.82) is 0 Å². The minimum atomic E-state index is -0.286. The molecule has 1 amide bonds. The van der Waals surface area contributed by atoms with Crippen LogP contribution in [0.2, 0.25) is 0 Å². The van der Waals surface area contributed by atoms with Gasteiger partial charge in [0.05, 0.1) is 12.2 Å². The molecule has 1 aliphatic rings. The van der Waals surface area contributed by atoms with Crippen molar-refractivity contribution in [3.63, 3.8) is 0 Å². The minimum absolute atomic E-state index is 0.264. The summed E-state index contributed by atoms with van der Waals surface area (Å²) < 4.78 is 1.88. The van der Waals surface area contributed by atoms with Crippen LogP contribution >= 0.6 is 0 Å². The van der Waals surface area contributed by atoms with Crippen molar-refractivity contribution in [2.24, 2.45) is 12.8 Å². The van der Waals surface area contributed by atoms with Gasteiger partial charge in [0.15, 0.2) is 0 Å². The second-order valence-electron chi connectivity index (χ2n) is 5.57. The van der Waals surface area contributed by atoms with Crippen LogP contribution in [0.25, 0.3) is 0 Å². The second-order valence-corrected chi connectivity index (χ2v) is 5.57. The van der Waals surface area contributed by atoms with E-state index in [2.05, 4.69) is 15.3 Å². The number of anilines is 1. The molecular formula is C14H25N5O. The van der Waals surface area contributed by atoms with E-state index in [0.29, 0.717) is 6.04 Å². The van der Waals surface area contributed by atoms with E-state index in [1.54, 1.807) is 0 Å². The van der Waals surface area contributed by atoms with Crippen LogP contribution in [-0.2, 0) is 18.4 Å². The van der Waals surface area contributed by atoms with Crippen LogP contribution in [0.5, 0.6) is 0 Å². The molecule has 1 aromatic heterocycles. The van der Waals surface area contributed by atoms with E-state index >= 15 is 0 Å². The number of hydrogen-bond donors (Lipinski definition) is 2. The van der Waals surface area contributed by atoms with Crippen molar-refractivity contribution < 1.29 is 4.79 Å². The number of nitrogens with zero attached hydrogens (tertiary/aromatic N) is 3. The fraction of sp³-hybridized carbons (Fsp3) is 0.714. The summed E-state index contributed by atoms with van der Waals surface area (Å²) in [6.45, 7) is 3.02. The molecule has 1 aromatic rings. The number of nitrogens with two attached hydrogens (primary N) is 1. The molecule has 1 fully saturated rings. The SMILES string of the molecule is CNCc1c(C)nn(C)c1N(CC(N)=O)C1CCCC1. The average molecular weight is 279 g/mol. The first-order valence-electron chi connectivity index (χ1n) is 7.26. The molecule has 3 N–H and O–H groups in total. The van der Waals surface area contributed by atoms with E-state index < -0.39 is 0 Å². The second kappa shape index (κ2) is 6.26. The Balaban J connectivity index is 2.38. The third-order valence-corrected chi connectivity index (χ3v) is 4.03. The van der Waals surface area contributed by atoms with Crippen molar-refractivity contribution in [1.82, 2.24) is 15.1 Å². The Morgan fingerprint density at radius 1 is 1.50 bits per heavy atom. The Labute approximate surface area is 120 Å². The third-order valence-electron chi connectivity index (χ3n) is 4.03. The first-order chi connectivity index (χ1) is 9.54. The molecule has 1 heterocycles. The summed E-state index contributed by atoms with van der Waals surface area (Å²) in [4.78, 5) is 13.6. The van der Waals surface area contributed by atoms with Gasteiger partial charge in [0, 0.05) is 25.2 Å². The van der Waals surface area contributed by atoms with E-state index in [1.165, 1.54) is 12.8 Å². The summed E-state index contributed by atoms with van der Waals surface area (Å²) >= 11 is 0. The Hall–Kier alpha value is -1.56. The fourth-order valence-corrected chi connectivity index (χ4v) is 3.19. The van der Waals surface area contributed by atoms with Gasteiger partial charge in [0.2, 0.25) is 5.91 Å². The van der Waals surface area contributed by atoms with Gasteiger partial charge in [-0.3, -0.25) is 9.48 Å². The monoisotopic (exact) mass is 279 g/mol. The first-order valence-corrected chi connectivity index (χ1v) is 7.26. The van der Waals surface area contributed by atoms with Crippen LogP contribution < -0.4 is 16.0 Å². The molecule has 0 spiro atoms. The highest BCUT2D eigenvalue weighted by Crippen LogP contribution is 2.31. The number of amides is 1. The van der Waals surface area contributed by atoms with Crippen LogP contribution in [0.15, 0.2) is 0 Å². The predicted molar refractivity (Wildman–Crippen MR) is 79.5 cm³/mol. The molecule has 2 rings (SSSR count). The Morgan fingerprint density at radius 2 is 2.15 bits per heavy atom. The average Bonchev–Trinajstić information content (AvgIpc) is 2.97. The van der Waals surface area contributed by atoms with E-state index in [1.807, 2.05) is 25.7 Å². The molecule has 1 saturated carbocycles. The van der Waals surface area contributed by atoms with Gasteiger partial charge >= 0.3 is 0 Å². The van der Waals surface area contributed by atoms with E-state index in [4.69, 9.17) is 5.73 Å². The molecular weight excluding hydrogens is 254 g/mol. The largest absolute Gasteiger partial charge is 0.368 e. The molecule has 0 unspecified atom stereocenters. The molecule has 0 aliphatic heterocycles. The summed E-state index contributed by atoms with van der Waals surface area (Å²) in [7, 11) is 3.86. The summed E-state index contributed by atoms with van der Waals surface area (Å²) in [5.41, 5.74) is 7.61. The summed E-state index contributed by atoms with van der Waals surface area (Å²) in [6.07, 6.45) is 4.68. The maximum atomic E-state index is 11.5. The Kier molecular flexibility index (Phi) is 4.65. The molecule has 6 heteroatoms. The zero-order valence-electron chi connectivity index (χ0n) is 12.6. The molecule has 0 bridgehead atoms. The lowest BCUT2D eigenvalue weighted by Crippen LogP contribution is -2.42. The number of hydrogen-bond acceptors (Lipinski definition) is 4. The lowest BCUT2D eigenvalue weighted by molar-refractivity contribution is -0.116. The van der Waals surface area contributed by atoms with Crippen molar-refractivity contribution in [3.8, 4) is 0 Å². The van der Waals surface area contributed by atoms with Gasteiger partial charge in [-0.25, -0.2) is 0 Å². The fourth-order valence-electron chi connectivity index (χ4n) is 3.19. The van der Waals surface area contributed by atoms with Gasteiger partial charge in [-0.05, 0) is 26.8 Å². The smallest absolute Gasteiger partial charge is 0.237 e. The van der Waals surface area contributed by atoms with Crippen LogP contribution in [0.3, 0.4) is 0 Å². The van der Waals surface area contributed by atoms with Crippen LogP contribution in [0.1, 0.15) is 36.9 Å². The summed E-state index contributed by atoms with van der Waals surface area (Å²) in [5, 5.41) is 7.69. The molecule has 0 aromatic carbocycles. The van der Waals surface area contributed by atoms with Crippen LogP contribution in [0, 0.1) is 6.92 Å². The number of rotatable bonds is 6. The van der Waals surface area contributed by atoms with Gasteiger partial charge in [0.1, 0.15) is 5.82 Å². The van der Waals surface area contributed by atoms with Gasteiger partial charge < -0.3 is 16.0 Å². The maximum absolute atomic E-state index is 11.5. The normalized spacial score (nSPS) is 15.8. The minimum Gasteiger partial charge on any atom is -0.368 e. The van der Waals surface area contributed by atoms with Crippen molar-refractivity contribution in [2.75, 3.05) is 18.5 Å². The number of aromatic nitrogens is 2. The lowest BCUT2D eigenvalue weighted by Gasteiger charge is -2.30. The number of carbonyl (C=O) groups is 1. The number of nitrogens with one attached hydrogen (secondary N) is 1. The Morgan fingerprint density at radius 3 is 2.70 bits per heavy atom. The van der Waals surface area contributed by atoms with Crippen LogP contribution in [0.4, 0.5) is 5.82 Å². The molecule has 20 heavy (non-hydrogen) atoms. The zero-order valence-corrected chi connectivity index (χ0v) is 12.6. The predicted octanol–water partition coefficient (Wildman–Crippen LogP) is 0.682. The van der Waals surface area contributed by atoms with E-state index in [0.717, 1.165) is 36.5 Å². The Bertz CT molecular complexity index is 476. The summed E-state index contributed by atoms with van der Waals surface area (Å²) in [5.74, 6) is 0.744. The topological polar surface area (TPSA) is 76.2 Å². The van der Waals surface area contributed by atoms with Gasteiger partial charge in [-0.15, -0.1) is 0 Å². The van der Waals surface area contributed by atoms with Crippen molar-refractivity contribution in [3.05, 3.63) is 11.3 Å². The molecule has 112 valence electrons. The standard InChI is InChI=1S/C14H25N5O/c1-10-12(8-16-2)14(18(3)17-10)19(9-13(15)20)11-6-4-5-7-11/h11,16H,4-9H2,1-3H3,(H2,15,20). The van der Waals surface area contributed by atoms with Gasteiger partial charge in [-0.1, -0.05) is 12.8 Å². The molecule has 6 nitrogen and oxygen atoms in total. The summed E-state index contributed by atoms with van der Waals surface area (Å²) in [6, 6.07) is 0.396. The number of primary amides is 1. The quantitative estimate of drug-likeness (QED) is 0.803. The number of aryl methyl sites for hydroxylation is 2. The van der Waals surface area contributed by atoms with Crippen molar-refractivity contribution >= 4 is 11.7 Å². The molecule has 1 aliphatic carbocycles. The van der Waals surface area contributed by atoms with Gasteiger partial charge in [-0.2, -0.15) is 5.10 Å².